The molecule has 100 valence electrons. The molecule has 1 aliphatic rings. The van der Waals surface area contributed by atoms with Crippen LogP contribution in [0.2, 0.25) is 0 Å². The van der Waals surface area contributed by atoms with Gasteiger partial charge in [-0.25, -0.2) is 0 Å². The van der Waals surface area contributed by atoms with Crippen molar-refractivity contribution in [2.45, 2.75) is 0 Å². The highest BCUT2D eigenvalue weighted by Crippen LogP contribution is 2.24. The van der Waals surface area contributed by atoms with E-state index in [9.17, 15) is 0 Å². The first-order valence-electron chi connectivity index (χ1n) is 6.16. The number of rotatable bonds is 5. The van der Waals surface area contributed by atoms with Crippen LogP contribution >= 0.6 is 15.9 Å². The molecule has 0 radical (unpaired) electrons. The Morgan fingerprint density at radius 1 is 1.33 bits per heavy atom. The maximum Gasteiger partial charge on any atom is 0.122 e. The van der Waals surface area contributed by atoms with E-state index in [0.717, 1.165) is 55.3 Å². The van der Waals surface area contributed by atoms with E-state index >= 15 is 0 Å². The van der Waals surface area contributed by atoms with E-state index in [1.807, 2.05) is 12.1 Å². The van der Waals surface area contributed by atoms with Crippen LogP contribution in [0.5, 0.6) is 5.75 Å². The Kier molecular flexibility index (Phi) is 5.28. The third kappa shape index (κ3) is 4.15. The summed E-state index contributed by atoms with van der Waals surface area (Å²) in [4.78, 5) is 2.41. The van der Waals surface area contributed by atoms with Gasteiger partial charge in [0.1, 0.15) is 5.75 Å². The quantitative estimate of drug-likeness (QED) is 0.903. The summed E-state index contributed by atoms with van der Waals surface area (Å²) in [6, 6.07) is 6.01. The Morgan fingerprint density at radius 3 is 2.83 bits per heavy atom. The largest absolute Gasteiger partial charge is 0.497 e. The number of hydrogen-bond acceptors (Lipinski definition) is 4. The summed E-state index contributed by atoms with van der Waals surface area (Å²) in [6.45, 7) is 5.74. The predicted octanol–water partition coefficient (Wildman–Crippen LogP) is 2.20. The van der Waals surface area contributed by atoms with E-state index in [4.69, 9.17) is 9.47 Å². The first-order chi connectivity index (χ1) is 8.78. The number of nitrogens with zero attached hydrogens (tertiary/aromatic N) is 1. The number of morpholine rings is 1. The minimum Gasteiger partial charge on any atom is -0.497 e. The minimum atomic E-state index is 0.852. The number of methoxy groups -OCH3 is 1. The summed E-state index contributed by atoms with van der Waals surface area (Å²) in [5.74, 6) is 0.859. The molecule has 1 N–H and O–H groups in total. The van der Waals surface area contributed by atoms with E-state index in [2.05, 4.69) is 32.2 Å². The molecule has 0 unspecified atom stereocenters. The van der Waals surface area contributed by atoms with Gasteiger partial charge < -0.3 is 14.8 Å². The number of halogens is 1. The average molecular weight is 315 g/mol. The molecule has 0 amide bonds. The van der Waals surface area contributed by atoms with Gasteiger partial charge >= 0.3 is 0 Å². The Balaban J connectivity index is 1.80. The second-order valence-corrected chi connectivity index (χ2v) is 5.18. The highest BCUT2D eigenvalue weighted by Gasteiger charge is 2.09. The molecule has 0 atom stereocenters. The summed E-state index contributed by atoms with van der Waals surface area (Å²) in [5.41, 5.74) is 1.08. The molecule has 0 spiro atoms. The topological polar surface area (TPSA) is 33.7 Å². The first kappa shape index (κ1) is 13.6. The molecule has 1 fully saturated rings. The lowest BCUT2D eigenvalue weighted by atomic mass is 10.3. The van der Waals surface area contributed by atoms with Crippen molar-refractivity contribution >= 4 is 21.6 Å². The van der Waals surface area contributed by atoms with Crippen molar-refractivity contribution in [3.05, 3.63) is 22.7 Å². The highest BCUT2D eigenvalue weighted by atomic mass is 79.9. The van der Waals surface area contributed by atoms with Gasteiger partial charge in [-0.2, -0.15) is 0 Å². The fraction of sp³-hybridized carbons (Fsp3) is 0.538. The zero-order valence-electron chi connectivity index (χ0n) is 10.6. The van der Waals surface area contributed by atoms with Gasteiger partial charge in [0.25, 0.3) is 0 Å². The van der Waals surface area contributed by atoms with Gasteiger partial charge in [0.2, 0.25) is 0 Å². The molecule has 18 heavy (non-hydrogen) atoms. The molecule has 0 saturated carbocycles. The molecular weight excluding hydrogens is 296 g/mol. The second kappa shape index (κ2) is 6.97. The molecule has 1 aliphatic heterocycles. The maximum atomic E-state index is 5.33. The van der Waals surface area contributed by atoms with Crippen molar-refractivity contribution in [2.24, 2.45) is 0 Å². The van der Waals surface area contributed by atoms with Gasteiger partial charge in [-0.05, 0) is 12.1 Å². The van der Waals surface area contributed by atoms with Crippen molar-refractivity contribution < 1.29 is 9.47 Å². The molecule has 4 nitrogen and oxygen atoms in total. The SMILES string of the molecule is COc1cc(Br)cc(NCCN2CCOCC2)c1. The van der Waals surface area contributed by atoms with Crippen molar-refractivity contribution in [3.8, 4) is 5.75 Å². The molecule has 5 heteroatoms. The summed E-state index contributed by atoms with van der Waals surface area (Å²) in [7, 11) is 1.68. The molecule has 1 aromatic rings. The van der Waals surface area contributed by atoms with Crippen molar-refractivity contribution in [1.82, 2.24) is 4.90 Å². The van der Waals surface area contributed by atoms with Crippen LogP contribution in [-0.4, -0.2) is 51.4 Å². The minimum absolute atomic E-state index is 0.852. The normalized spacial score (nSPS) is 16.6. The number of nitrogens with one attached hydrogen (secondary N) is 1. The van der Waals surface area contributed by atoms with Crippen molar-refractivity contribution in [3.63, 3.8) is 0 Å². The van der Waals surface area contributed by atoms with Crippen LogP contribution in [0.1, 0.15) is 0 Å². The zero-order chi connectivity index (χ0) is 12.8. The molecular formula is C13H19BrN2O2. The second-order valence-electron chi connectivity index (χ2n) is 4.26. The van der Waals surface area contributed by atoms with Gasteiger partial charge in [0.15, 0.2) is 0 Å². The van der Waals surface area contributed by atoms with E-state index in [-0.39, 0.29) is 0 Å². The molecule has 0 bridgehead atoms. The lowest BCUT2D eigenvalue weighted by Gasteiger charge is -2.26. The fourth-order valence-electron chi connectivity index (χ4n) is 1.97. The third-order valence-electron chi connectivity index (χ3n) is 2.97. The van der Waals surface area contributed by atoms with Crippen LogP contribution in [0.15, 0.2) is 22.7 Å². The fourth-order valence-corrected chi connectivity index (χ4v) is 2.44. The summed E-state index contributed by atoms with van der Waals surface area (Å²) in [6.07, 6.45) is 0. The molecule has 2 rings (SSSR count). The smallest absolute Gasteiger partial charge is 0.122 e. The summed E-state index contributed by atoms with van der Waals surface area (Å²) in [5, 5.41) is 3.42. The van der Waals surface area contributed by atoms with Crippen LogP contribution in [0.3, 0.4) is 0 Å². The number of benzene rings is 1. The molecule has 1 heterocycles. The first-order valence-corrected chi connectivity index (χ1v) is 6.96. The van der Waals surface area contributed by atoms with Gasteiger partial charge in [-0.15, -0.1) is 0 Å². The van der Waals surface area contributed by atoms with Crippen LogP contribution in [-0.2, 0) is 4.74 Å². The monoisotopic (exact) mass is 314 g/mol. The van der Waals surface area contributed by atoms with Crippen LogP contribution in [0.4, 0.5) is 5.69 Å². The summed E-state index contributed by atoms with van der Waals surface area (Å²) >= 11 is 3.48. The number of hydrogen-bond donors (Lipinski definition) is 1. The van der Waals surface area contributed by atoms with E-state index in [1.54, 1.807) is 7.11 Å². The number of anilines is 1. The lowest BCUT2D eigenvalue weighted by molar-refractivity contribution is 0.0398. The van der Waals surface area contributed by atoms with E-state index in [0.29, 0.717) is 0 Å². The van der Waals surface area contributed by atoms with Gasteiger partial charge in [-0.3, -0.25) is 4.90 Å². The molecule has 0 aromatic heterocycles. The van der Waals surface area contributed by atoms with Crippen LogP contribution in [0.25, 0.3) is 0 Å². The average Bonchev–Trinajstić information content (AvgIpc) is 2.39. The lowest BCUT2D eigenvalue weighted by Crippen LogP contribution is -2.39. The van der Waals surface area contributed by atoms with Gasteiger partial charge in [-0.1, -0.05) is 15.9 Å². The van der Waals surface area contributed by atoms with Gasteiger partial charge in [0, 0.05) is 42.4 Å². The van der Waals surface area contributed by atoms with Crippen LogP contribution in [0, 0.1) is 0 Å². The Morgan fingerprint density at radius 2 is 2.11 bits per heavy atom. The van der Waals surface area contributed by atoms with Crippen LogP contribution < -0.4 is 10.1 Å². The standard InChI is InChI=1S/C13H19BrN2O2/c1-17-13-9-11(14)8-12(10-13)15-2-3-16-4-6-18-7-5-16/h8-10,15H,2-7H2,1H3. The summed E-state index contributed by atoms with van der Waals surface area (Å²) < 4.78 is 11.6. The predicted molar refractivity (Wildman–Crippen MR) is 76.4 cm³/mol. The molecule has 1 saturated heterocycles. The third-order valence-corrected chi connectivity index (χ3v) is 3.43. The Labute approximate surface area is 116 Å². The zero-order valence-corrected chi connectivity index (χ0v) is 12.2. The maximum absolute atomic E-state index is 5.33. The van der Waals surface area contributed by atoms with Crippen molar-refractivity contribution in [2.75, 3.05) is 51.8 Å². The molecule has 0 aliphatic carbocycles. The van der Waals surface area contributed by atoms with E-state index < -0.39 is 0 Å². The number of ether oxygens (including phenoxy) is 2. The van der Waals surface area contributed by atoms with Gasteiger partial charge in [0.05, 0.1) is 20.3 Å². The van der Waals surface area contributed by atoms with E-state index in [1.165, 1.54) is 0 Å². The Hall–Kier alpha value is -0.780. The molecule has 1 aromatic carbocycles. The Bertz CT molecular complexity index is 381. The van der Waals surface area contributed by atoms with Crippen molar-refractivity contribution in [1.29, 1.82) is 0 Å². The highest BCUT2D eigenvalue weighted by molar-refractivity contribution is 9.10.